The third kappa shape index (κ3) is 3.23. The van der Waals surface area contributed by atoms with Gasteiger partial charge in [-0.2, -0.15) is 18.2 Å². The number of benzene rings is 1. The number of aromatic nitrogens is 4. The lowest BCUT2D eigenvalue weighted by molar-refractivity contribution is 0.0561. The van der Waals surface area contributed by atoms with Crippen molar-refractivity contribution in [1.29, 1.82) is 0 Å². The monoisotopic (exact) mass is 395 g/mol. The largest absolute Gasteiger partial charge is 0.342 e. The van der Waals surface area contributed by atoms with E-state index in [0.29, 0.717) is 17.6 Å². The minimum atomic E-state index is -3.90. The molecule has 1 aliphatic heterocycles. The van der Waals surface area contributed by atoms with Gasteiger partial charge in [0.15, 0.2) is 0 Å². The van der Waals surface area contributed by atoms with Crippen LogP contribution in [0.4, 0.5) is 8.78 Å². The number of sulfonamides is 1. The molecule has 1 aromatic carbocycles. The van der Waals surface area contributed by atoms with Crippen LogP contribution in [0.1, 0.15) is 36.8 Å². The molecule has 0 unspecified atom stereocenters. The summed E-state index contributed by atoms with van der Waals surface area (Å²) in [4.78, 5) is 7.66. The van der Waals surface area contributed by atoms with Gasteiger partial charge in [-0.25, -0.2) is 18.1 Å². The highest BCUT2D eigenvalue weighted by atomic mass is 32.2. The molecule has 2 aromatic heterocycles. The molecule has 1 fully saturated rings. The summed E-state index contributed by atoms with van der Waals surface area (Å²) in [5, 5.41) is 3.62. The Hall–Kier alpha value is -2.33. The molecule has 144 valence electrons. The highest BCUT2D eigenvalue weighted by Crippen LogP contribution is 2.31. The summed E-state index contributed by atoms with van der Waals surface area (Å²) in [6.07, 6.45) is 2.38. The minimum absolute atomic E-state index is 0.0705. The van der Waals surface area contributed by atoms with Crippen molar-refractivity contribution in [2.24, 2.45) is 0 Å². The summed E-state index contributed by atoms with van der Waals surface area (Å²) in [7, 11) is -3.90. The van der Waals surface area contributed by atoms with Gasteiger partial charge in [-0.3, -0.25) is 0 Å². The number of piperidine rings is 1. The number of alkyl halides is 2. The number of nitrogens with zero attached hydrogens (tertiary/aromatic N) is 4. The summed E-state index contributed by atoms with van der Waals surface area (Å²) in [5.74, 6) is 0.669. The fourth-order valence-electron chi connectivity index (χ4n) is 3.51. The zero-order valence-electron chi connectivity index (χ0n) is 14.6. The molecule has 4 rings (SSSR count). The van der Waals surface area contributed by atoms with Crippen LogP contribution in [-0.2, 0) is 10.0 Å². The molecule has 27 heavy (non-hydrogen) atoms. The maximum Gasteiger partial charge on any atom is 0.333 e. The van der Waals surface area contributed by atoms with Gasteiger partial charge in [0.05, 0.1) is 22.9 Å². The minimum Gasteiger partial charge on any atom is -0.342 e. The number of halogens is 2. The molecule has 0 radical (unpaired) electrons. The van der Waals surface area contributed by atoms with Crippen LogP contribution in [-0.4, -0.2) is 45.6 Å². The van der Waals surface area contributed by atoms with Gasteiger partial charge in [0, 0.05) is 19.0 Å². The molecule has 7 nitrogen and oxygen atoms in total. The molecule has 0 saturated carbocycles. The van der Waals surface area contributed by atoms with Crippen molar-refractivity contribution in [3.8, 4) is 0 Å². The Morgan fingerprint density at radius 2 is 2.07 bits per heavy atom. The predicted octanol–water partition coefficient (Wildman–Crippen LogP) is 3.03. The van der Waals surface area contributed by atoms with Crippen LogP contribution in [0.2, 0.25) is 0 Å². The number of para-hydroxylation sites is 2. The molecule has 1 aliphatic rings. The topological polar surface area (TPSA) is 83.9 Å². The standard InChI is InChI=1S/C17H19F2N5O2S/c1-11-15(10-24(22-11)17(18)19)27(25,26)23-8-4-5-12(9-23)16-20-13-6-2-3-7-14(13)21-16/h2-3,6-7,10,12,17H,4-5,8-9H2,1H3,(H,20,21)/t12-/m1/s1. The van der Waals surface area contributed by atoms with Crippen molar-refractivity contribution in [1.82, 2.24) is 24.1 Å². The van der Waals surface area contributed by atoms with E-state index in [1.807, 2.05) is 24.3 Å². The Morgan fingerprint density at radius 1 is 1.30 bits per heavy atom. The second kappa shape index (κ2) is 6.68. The molecule has 3 aromatic rings. The lowest BCUT2D eigenvalue weighted by Crippen LogP contribution is -2.39. The molecule has 1 atom stereocenters. The number of nitrogens with one attached hydrogen (secondary N) is 1. The van der Waals surface area contributed by atoms with Crippen LogP contribution >= 0.6 is 0 Å². The van der Waals surface area contributed by atoms with E-state index in [-0.39, 0.29) is 23.1 Å². The summed E-state index contributed by atoms with van der Waals surface area (Å²) in [5.41, 5.74) is 1.81. The number of H-pyrrole nitrogens is 1. The van der Waals surface area contributed by atoms with E-state index in [9.17, 15) is 17.2 Å². The van der Waals surface area contributed by atoms with Gasteiger partial charge in [-0.1, -0.05) is 12.1 Å². The van der Waals surface area contributed by atoms with E-state index >= 15 is 0 Å². The maximum atomic E-state index is 13.0. The summed E-state index contributed by atoms with van der Waals surface area (Å²) in [6.45, 7) is -0.857. The molecule has 0 aliphatic carbocycles. The highest BCUT2D eigenvalue weighted by molar-refractivity contribution is 7.89. The first-order valence-electron chi connectivity index (χ1n) is 8.65. The van der Waals surface area contributed by atoms with E-state index in [2.05, 4.69) is 15.1 Å². The van der Waals surface area contributed by atoms with Crippen molar-refractivity contribution in [2.75, 3.05) is 13.1 Å². The highest BCUT2D eigenvalue weighted by Gasteiger charge is 2.34. The van der Waals surface area contributed by atoms with E-state index in [1.165, 1.54) is 11.2 Å². The van der Waals surface area contributed by atoms with Crippen molar-refractivity contribution < 1.29 is 17.2 Å². The van der Waals surface area contributed by atoms with Gasteiger partial charge in [-0.05, 0) is 31.9 Å². The van der Waals surface area contributed by atoms with Crippen LogP contribution < -0.4 is 0 Å². The van der Waals surface area contributed by atoms with Gasteiger partial charge < -0.3 is 4.98 Å². The molecule has 1 N–H and O–H groups in total. The first-order chi connectivity index (χ1) is 12.9. The molecular formula is C17H19F2N5O2S. The van der Waals surface area contributed by atoms with Crippen LogP contribution in [0, 0.1) is 6.92 Å². The van der Waals surface area contributed by atoms with Gasteiger partial charge in [-0.15, -0.1) is 0 Å². The predicted molar refractivity (Wildman–Crippen MR) is 95.0 cm³/mol. The number of hydrogen-bond acceptors (Lipinski definition) is 4. The Balaban J connectivity index is 1.62. The third-order valence-electron chi connectivity index (χ3n) is 4.87. The average molecular weight is 395 g/mol. The molecular weight excluding hydrogens is 376 g/mol. The number of aromatic amines is 1. The van der Waals surface area contributed by atoms with E-state index in [0.717, 1.165) is 29.5 Å². The Morgan fingerprint density at radius 3 is 2.78 bits per heavy atom. The van der Waals surface area contributed by atoms with Crippen molar-refractivity contribution in [2.45, 2.75) is 37.1 Å². The van der Waals surface area contributed by atoms with Gasteiger partial charge >= 0.3 is 6.55 Å². The van der Waals surface area contributed by atoms with E-state index < -0.39 is 16.6 Å². The molecule has 0 amide bonds. The number of aryl methyl sites for hydroxylation is 1. The normalized spacial score (nSPS) is 19.2. The lowest BCUT2D eigenvalue weighted by Gasteiger charge is -2.30. The Kier molecular flexibility index (Phi) is 4.47. The molecule has 0 spiro atoms. The average Bonchev–Trinajstić information content (AvgIpc) is 3.26. The Bertz CT molecular complexity index is 1040. The lowest BCUT2D eigenvalue weighted by atomic mass is 9.99. The Labute approximate surface area is 155 Å². The summed E-state index contributed by atoms with van der Waals surface area (Å²) >= 11 is 0. The van der Waals surface area contributed by atoms with Gasteiger partial charge in [0.25, 0.3) is 0 Å². The number of hydrogen-bond donors (Lipinski definition) is 1. The smallest absolute Gasteiger partial charge is 0.333 e. The second-order valence-electron chi connectivity index (χ2n) is 6.68. The fraction of sp³-hybridized carbons (Fsp3) is 0.412. The summed E-state index contributed by atoms with van der Waals surface area (Å²) < 4.78 is 53.4. The number of imidazole rings is 1. The van der Waals surface area contributed by atoms with Crippen molar-refractivity contribution in [3.05, 3.63) is 42.0 Å². The quantitative estimate of drug-likeness (QED) is 0.736. The fourth-order valence-corrected chi connectivity index (χ4v) is 5.19. The van der Waals surface area contributed by atoms with Crippen LogP contribution in [0.3, 0.4) is 0 Å². The first-order valence-corrected chi connectivity index (χ1v) is 10.1. The summed E-state index contributed by atoms with van der Waals surface area (Å²) in [6, 6.07) is 7.62. The number of rotatable bonds is 4. The third-order valence-corrected chi connectivity index (χ3v) is 6.84. The molecule has 3 heterocycles. The van der Waals surface area contributed by atoms with E-state index in [1.54, 1.807) is 0 Å². The molecule has 0 bridgehead atoms. The first kappa shape index (κ1) is 18.1. The molecule has 10 heteroatoms. The zero-order chi connectivity index (χ0) is 19.2. The van der Waals surface area contributed by atoms with Crippen LogP contribution in [0.5, 0.6) is 0 Å². The SMILES string of the molecule is Cc1nn(C(F)F)cc1S(=O)(=O)N1CCC[C@@H](c2nc3ccccc3[nH]2)C1. The zero-order valence-corrected chi connectivity index (χ0v) is 15.5. The van der Waals surface area contributed by atoms with Gasteiger partial charge in [0.1, 0.15) is 10.7 Å². The maximum absolute atomic E-state index is 13.0. The van der Waals surface area contributed by atoms with Crippen molar-refractivity contribution >= 4 is 21.1 Å². The van der Waals surface area contributed by atoms with Crippen molar-refractivity contribution in [3.63, 3.8) is 0 Å². The van der Waals surface area contributed by atoms with E-state index in [4.69, 9.17) is 0 Å². The molecule has 1 saturated heterocycles. The number of fused-ring (bicyclic) bond motifs is 1. The van der Waals surface area contributed by atoms with Crippen LogP contribution in [0.15, 0.2) is 35.4 Å². The second-order valence-corrected chi connectivity index (χ2v) is 8.58. The van der Waals surface area contributed by atoms with Crippen LogP contribution in [0.25, 0.3) is 11.0 Å². The van der Waals surface area contributed by atoms with Gasteiger partial charge in [0.2, 0.25) is 10.0 Å².